The van der Waals surface area contributed by atoms with Gasteiger partial charge in [0.15, 0.2) is 11.0 Å². The fraction of sp³-hybridized carbons (Fsp3) is 0.211. The van der Waals surface area contributed by atoms with Gasteiger partial charge < -0.3 is 5.32 Å². The fourth-order valence-electron chi connectivity index (χ4n) is 2.46. The van der Waals surface area contributed by atoms with E-state index in [0.29, 0.717) is 27.6 Å². The maximum atomic E-state index is 12.0. The van der Waals surface area contributed by atoms with Crippen molar-refractivity contribution in [3.05, 3.63) is 58.6 Å². The molecule has 0 unspecified atom stereocenters. The highest BCUT2D eigenvalue weighted by Gasteiger charge is 2.19. The van der Waals surface area contributed by atoms with Crippen molar-refractivity contribution in [3.63, 3.8) is 0 Å². The number of rotatable bonds is 7. The molecule has 3 rings (SSSR count). The van der Waals surface area contributed by atoms with Gasteiger partial charge in [-0.1, -0.05) is 60.1 Å². The Balaban J connectivity index is 1.97. The molecule has 0 bridgehead atoms. The maximum Gasteiger partial charge on any atom is 0.230 e. The second kappa shape index (κ2) is 9.26. The van der Waals surface area contributed by atoms with Crippen molar-refractivity contribution < 1.29 is 4.79 Å². The topological polar surface area (TPSA) is 59.8 Å². The summed E-state index contributed by atoms with van der Waals surface area (Å²) in [6, 6.07) is 15.0. The van der Waals surface area contributed by atoms with Crippen molar-refractivity contribution in [2.24, 2.45) is 0 Å². The zero-order valence-corrected chi connectivity index (χ0v) is 17.0. The largest absolute Gasteiger partial charge is 0.355 e. The molecule has 0 saturated carbocycles. The summed E-state index contributed by atoms with van der Waals surface area (Å²) >= 11 is 13.7. The number of hydrogen-bond acceptors (Lipinski definition) is 4. The normalized spacial score (nSPS) is 10.8. The number of benzene rings is 2. The van der Waals surface area contributed by atoms with Gasteiger partial charge in [0.2, 0.25) is 5.91 Å². The van der Waals surface area contributed by atoms with Crippen molar-refractivity contribution in [1.29, 1.82) is 0 Å². The summed E-state index contributed by atoms with van der Waals surface area (Å²) in [7, 11) is 0. The molecule has 0 aliphatic rings. The van der Waals surface area contributed by atoms with Gasteiger partial charge in [-0.15, -0.1) is 10.2 Å². The highest BCUT2D eigenvalue weighted by Crippen LogP contribution is 2.33. The van der Waals surface area contributed by atoms with Gasteiger partial charge >= 0.3 is 0 Å². The van der Waals surface area contributed by atoms with Crippen molar-refractivity contribution in [2.45, 2.75) is 18.5 Å². The predicted molar refractivity (Wildman–Crippen MR) is 111 cm³/mol. The monoisotopic (exact) mass is 420 g/mol. The van der Waals surface area contributed by atoms with Crippen LogP contribution in [0.15, 0.2) is 53.7 Å². The minimum atomic E-state index is -0.0319. The van der Waals surface area contributed by atoms with Crippen LogP contribution in [-0.4, -0.2) is 33.0 Å². The third-order valence-electron chi connectivity index (χ3n) is 3.72. The number of hydrogen-bond donors (Lipinski definition) is 1. The second-order valence-electron chi connectivity index (χ2n) is 5.74. The Hall–Kier alpha value is -2.02. The summed E-state index contributed by atoms with van der Waals surface area (Å²) in [5.41, 5.74) is 1.61. The number of carbonyl (C=O) groups excluding carboxylic acids is 1. The predicted octanol–water partition coefficient (Wildman–Crippen LogP) is 4.86. The smallest absolute Gasteiger partial charge is 0.230 e. The Morgan fingerprint density at radius 2 is 1.93 bits per heavy atom. The van der Waals surface area contributed by atoms with Crippen LogP contribution in [0.5, 0.6) is 0 Å². The number of aromatic nitrogens is 3. The Bertz CT molecular complexity index is 931. The van der Waals surface area contributed by atoms with Crippen LogP contribution in [0.1, 0.15) is 13.3 Å². The molecule has 5 nitrogen and oxygen atoms in total. The van der Waals surface area contributed by atoms with E-state index in [1.165, 1.54) is 11.8 Å². The fourth-order valence-corrected chi connectivity index (χ4v) is 3.74. The number of carbonyl (C=O) groups is 1. The van der Waals surface area contributed by atoms with Crippen LogP contribution in [0.4, 0.5) is 0 Å². The minimum Gasteiger partial charge on any atom is -0.355 e. The number of nitrogens with zero attached hydrogens (tertiary/aromatic N) is 3. The Morgan fingerprint density at radius 3 is 2.63 bits per heavy atom. The molecule has 8 heteroatoms. The Morgan fingerprint density at radius 1 is 1.15 bits per heavy atom. The SMILES string of the molecule is CCCNC(=O)CSc1nnc(-c2ccc(Cl)cc2Cl)n1-c1ccccc1. The van der Waals surface area contributed by atoms with E-state index >= 15 is 0 Å². The average Bonchev–Trinajstić information content (AvgIpc) is 3.09. The van der Waals surface area contributed by atoms with Crippen LogP contribution in [0, 0.1) is 0 Å². The molecule has 0 atom stereocenters. The number of halogens is 2. The molecule has 0 saturated heterocycles. The van der Waals surface area contributed by atoms with E-state index in [4.69, 9.17) is 23.2 Å². The number of nitrogens with one attached hydrogen (secondary N) is 1. The van der Waals surface area contributed by atoms with Gasteiger partial charge in [-0.05, 0) is 36.8 Å². The molecular weight excluding hydrogens is 403 g/mol. The van der Waals surface area contributed by atoms with E-state index in [0.717, 1.165) is 17.7 Å². The molecular formula is C19H18Cl2N4OS. The van der Waals surface area contributed by atoms with E-state index in [2.05, 4.69) is 15.5 Å². The summed E-state index contributed by atoms with van der Waals surface area (Å²) < 4.78 is 1.90. The highest BCUT2D eigenvalue weighted by molar-refractivity contribution is 7.99. The van der Waals surface area contributed by atoms with Crippen LogP contribution >= 0.6 is 35.0 Å². The van der Waals surface area contributed by atoms with Crippen molar-refractivity contribution in [2.75, 3.05) is 12.3 Å². The summed E-state index contributed by atoms with van der Waals surface area (Å²) in [4.78, 5) is 12.0. The van der Waals surface area contributed by atoms with E-state index in [-0.39, 0.29) is 11.7 Å². The van der Waals surface area contributed by atoms with Crippen LogP contribution in [0.2, 0.25) is 10.0 Å². The lowest BCUT2D eigenvalue weighted by molar-refractivity contribution is -0.118. The molecule has 2 aromatic carbocycles. The Kier molecular flexibility index (Phi) is 6.77. The summed E-state index contributed by atoms with van der Waals surface area (Å²) in [6.45, 7) is 2.68. The van der Waals surface area contributed by atoms with Crippen LogP contribution < -0.4 is 5.32 Å². The molecule has 0 radical (unpaired) electrons. The van der Waals surface area contributed by atoms with Gasteiger partial charge in [-0.3, -0.25) is 9.36 Å². The first-order valence-corrected chi connectivity index (χ1v) is 10.2. The van der Waals surface area contributed by atoms with Gasteiger partial charge in [-0.25, -0.2) is 0 Å². The van der Waals surface area contributed by atoms with Gasteiger partial charge in [0.05, 0.1) is 10.8 Å². The van der Waals surface area contributed by atoms with E-state index in [9.17, 15) is 4.79 Å². The zero-order valence-electron chi connectivity index (χ0n) is 14.7. The number of amides is 1. The molecule has 1 heterocycles. The zero-order chi connectivity index (χ0) is 19.2. The number of thioether (sulfide) groups is 1. The molecule has 1 amide bonds. The summed E-state index contributed by atoms with van der Waals surface area (Å²) in [5, 5.41) is 13.1. The van der Waals surface area contributed by atoms with Gasteiger partial charge in [0.25, 0.3) is 0 Å². The lowest BCUT2D eigenvalue weighted by Crippen LogP contribution is -2.25. The summed E-state index contributed by atoms with van der Waals surface area (Å²) in [6.07, 6.45) is 0.899. The van der Waals surface area contributed by atoms with E-state index < -0.39 is 0 Å². The molecule has 0 spiro atoms. The summed E-state index contributed by atoms with van der Waals surface area (Å²) in [5.74, 6) is 0.828. The molecule has 1 N–H and O–H groups in total. The Labute approximate surface area is 172 Å². The van der Waals surface area contributed by atoms with Gasteiger partial charge in [-0.2, -0.15) is 0 Å². The third kappa shape index (κ3) is 4.83. The quantitative estimate of drug-likeness (QED) is 0.554. The second-order valence-corrected chi connectivity index (χ2v) is 7.53. The highest BCUT2D eigenvalue weighted by atomic mass is 35.5. The maximum absolute atomic E-state index is 12.0. The third-order valence-corrected chi connectivity index (χ3v) is 5.20. The van der Waals surface area contributed by atoms with Gasteiger partial charge in [0, 0.05) is 22.8 Å². The standard InChI is InChI=1S/C19H18Cl2N4OS/c1-2-10-22-17(26)12-27-19-24-23-18(15-9-8-13(20)11-16(15)21)25(19)14-6-4-3-5-7-14/h3-9,11H,2,10,12H2,1H3,(H,22,26). The van der Waals surface area contributed by atoms with Gasteiger partial charge in [0.1, 0.15) is 0 Å². The van der Waals surface area contributed by atoms with E-state index in [1.807, 2.05) is 47.9 Å². The average molecular weight is 421 g/mol. The first-order valence-electron chi connectivity index (χ1n) is 8.46. The first kappa shape index (κ1) is 19.7. The number of para-hydroxylation sites is 1. The van der Waals surface area contributed by atoms with Crippen LogP contribution in [-0.2, 0) is 4.79 Å². The molecule has 0 aliphatic carbocycles. The molecule has 1 aromatic heterocycles. The molecule has 27 heavy (non-hydrogen) atoms. The molecule has 3 aromatic rings. The lowest BCUT2D eigenvalue weighted by atomic mass is 10.2. The van der Waals surface area contributed by atoms with E-state index in [1.54, 1.807) is 12.1 Å². The van der Waals surface area contributed by atoms with Crippen LogP contribution in [0.25, 0.3) is 17.1 Å². The van der Waals surface area contributed by atoms with Crippen LogP contribution in [0.3, 0.4) is 0 Å². The van der Waals surface area contributed by atoms with Crippen molar-refractivity contribution in [3.8, 4) is 17.1 Å². The molecule has 0 fully saturated rings. The molecule has 0 aliphatic heterocycles. The molecule has 140 valence electrons. The lowest BCUT2D eigenvalue weighted by Gasteiger charge is -2.11. The minimum absolute atomic E-state index is 0.0319. The first-order chi connectivity index (χ1) is 13.1. The van der Waals surface area contributed by atoms with Crippen molar-refractivity contribution >= 4 is 40.9 Å². The van der Waals surface area contributed by atoms with Crippen molar-refractivity contribution in [1.82, 2.24) is 20.1 Å².